The van der Waals surface area contributed by atoms with Gasteiger partial charge < -0.3 is 5.11 Å². The Morgan fingerprint density at radius 3 is 1.95 bits per heavy atom. The number of benzene rings is 2. The molecule has 0 aromatic heterocycles. The van der Waals surface area contributed by atoms with Crippen LogP contribution in [-0.4, -0.2) is 5.11 Å². The summed E-state index contributed by atoms with van der Waals surface area (Å²) < 4.78 is 0. The summed E-state index contributed by atoms with van der Waals surface area (Å²) in [5.41, 5.74) is 3.75. The fraction of sp³-hybridized carbons (Fsp3) is 0.263. The lowest BCUT2D eigenvalue weighted by atomic mass is 9.80. The molecule has 3 rings (SSSR count). The quantitative estimate of drug-likeness (QED) is 0.831. The van der Waals surface area contributed by atoms with Crippen molar-refractivity contribution in [3.8, 4) is 0 Å². The Kier molecular flexibility index (Phi) is 3.45. The van der Waals surface area contributed by atoms with Crippen molar-refractivity contribution < 1.29 is 5.11 Å². The molecule has 2 aromatic carbocycles. The van der Waals surface area contributed by atoms with Crippen LogP contribution in [0.5, 0.6) is 0 Å². The van der Waals surface area contributed by atoms with Crippen LogP contribution in [-0.2, 0) is 18.4 Å². The highest BCUT2D eigenvalue weighted by atomic mass is 16.3. The first-order valence-corrected chi connectivity index (χ1v) is 7.26. The van der Waals surface area contributed by atoms with Gasteiger partial charge in [0.2, 0.25) is 0 Å². The second-order valence-corrected chi connectivity index (χ2v) is 5.50. The van der Waals surface area contributed by atoms with Crippen LogP contribution >= 0.6 is 0 Å². The summed E-state index contributed by atoms with van der Waals surface area (Å²) in [5, 5.41) is 11.4. The fourth-order valence-corrected chi connectivity index (χ4v) is 3.28. The number of aliphatic hydroxyl groups is 1. The normalized spacial score (nSPS) is 15.8. The van der Waals surface area contributed by atoms with Crippen molar-refractivity contribution in [2.45, 2.75) is 31.3 Å². The lowest BCUT2D eigenvalue weighted by molar-refractivity contribution is 0.0715. The first kappa shape index (κ1) is 13.1. The van der Waals surface area contributed by atoms with E-state index in [0.29, 0.717) is 6.42 Å². The van der Waals surface area contributed by atoms with E-state index in [4.69, 9.17) is 0 Å². The Balaban J connectivity index is 2.21. The Hall–Kier alpha value is -1.86. The Morgan fingerprint density at radius 2 is 1.45 bits per heavy atom. The first-order valence-electron chi connectivity index (χ1n) is 7.26. The van der Waals surface area contributed by atoms with Crippen LogP contribution in [0.25, 0.3) is 0 Å². The van der Waals surface area contributed by atoms with Gasteiger partial charge in [-0.2, -0.15) is 0 Å². The molecule has 0 bridgehead atoms. The molecule has 0 spiro atoms. The van der Waals surface area contributed by atoms with Crippen molar-refractivity contribution in [3.05, 3.63) is 83.4 Å². The predicted octanol–water partition coefficient (Wildman–Crippen LogP) is 3.99. The lowest BCUT2D eigenvalue weighted by Gasteiger charge is -2.31. The largest absolute Gasteiger partial charge is 0.380 e. The van der Waals surface area contributed by atoms with Crippen LogP contribution in [0.1, 0.15) is 35.1 Å². The molecule has 0 heterocycles. The summed E-state index contributed by atoms with van der Waals surface area (Å²) >= 11 is 0. The number of hydrogen-bond acceptors (Lipinski definition) is 1. The average Bonchev–Trinajstić information content (AvgIpc) is 2.62. The molecule has 0 saturated heterocycles. The zero-order valence-corrected chi connectivity index (χ0v) is 11.7. The maximum Gasteiger partial charge on any atom is 0.115 e. The number of fused-ring (bicyclic) bond motifs is 2. The van der Waals surface area contributed by atoms with Crippen molar-refractivity contribution in [1.29, 1.82) is 0 Å². The van der Waals surface area contributed by atoms with Gasteiger partial charge in [-0.1, -0.05) is 54.6 Å². The molecule has 0 aliphatic heterocycles. The molecule has 0 atom stereocenters. The molecular formula is C19H20O. The molecule has 20 heavy (non-hydrogen) atoms. The molecule has 1 nitrogen and oxygen atoms in total. The topological polar surface area (TPSA) is 20.2 Å². The Bertz CT molecular complexity index is 580. The smallest absolute Gasteiger partial charge is 0.115 e. The van der Waals surface area contributed by atoms with Gasteiger partial charge in [0, 0.05) is 0 Å². The molecule has 0 amide bonds. The third-order valence-electron chi connectivity index (χ3n) is 4.30. The summed E-state index contributed by atoms with van der Waals surface area (Å²) in [5.74, 6) is 0. The summed E-state index contributed by atoms with van der Waals surface area (Å²) in [6.45, 7) is 3.80. The molecule has 0 radical (unpaired) electrons. The molecule has 1 heteroatoms. The molecule has 0 saturated carbocycles. The highest BCUT2D eigenvalue weighted by Crippen LogP contribution is 2.40. The van der Waals surface area contributed by atoms with Crippen molar-refractivity contribution in [2.24, 2.45) is 0 Å². The SMILES string of the molecule is C=CCCC1(O)c2ccccc2CCc2ccccc21. The molecule has 1 N–H and O–H groups in total. The van der Waals surface area contributed by atoms with E-state index in [0.717, 1.165) is 30.4 Å². The van der Waals surface area contributed by atoms with Crippen molar-refractivity contribution in [2.75, 3.05) is 0 Å². The van der Waals surface area contributed by atoms with E-state index in [-0.39, 0.29) is 0 Å². The Labute approximate surface area is 120 Å². The van der Waals surface area contributed by atoms with Crippen LogP contribution in [0.4, 0.5) is 0 Å². The van der Waals surface area contributed by atoms with Gasteiger partial charge in [0.25, 0.3) is 0 Å². The minimum atomic E-state index is -0.891. The third-order valence-corrected chi connectivity index (χ3v) is 4.30. The molecule has 2 aromatic rings. The fourth-order valence-electron chi connectivity index (χ4n) is 3.28. The van der Waals surface area contributed by atoms with Gasteiger partial charge in [0.15, 0.2) is 0 Å². The molecule has 1 aliphatic carbocycles. The second kappa shape index (κ2) is 5.26. The lowest BCUT2D eigenvalue weighted by Crippen LogP contribution is -2.28. The number of aryl methyl sites for hydroxylation is 2. The standard InChI is InChI=1S/C19H20O/c1-2-3-14-19(20)17-10-6-4-8-15(17)12-13-16-9-5-7-11-18(16)19/h2,4-11,20H,1,3,12-14H2. The van der Waals surface area contributed by atoms with E-state index in [1.54, 1.807) is 0 Å². The van der Waals surface area contributed by atoms with E-state index < -0.39 is 5.60 Å². The van der Waals surface area contributed by atoms with Crippen LogP contribution in [0, 0.1) is 0 Å². The molecular weight excluding hydrogens is 244 g/mol. The average molecular weight is 264 g/mol. The second-order valence-electron chi connectivity index (χ2n) is 5.50. The molecule has 1 aliphatic rings. The van der Waals surface area contributed by atoms with Gasteiger partial charge in [-0.25, -0.2) is 0 Å². The minimum absolute atomic E-state index is 0.685. The van der Waals surface area contributed by atoms with Crippen molar-refractivity contribution in [1.82, 2.24) is 0 Å². The summed E-state index contributed by atoms with van der Waals surface area (Å²) in [6.07, 6.45) is 5.35. The maximum absolute atomic E-state index is 11.4. The number of hydrogen-bond donors (Lipinski definition) is 1. The van der Waals surface area contributed by atoms with E-state index in [9.17, 15) is 5.11 Å². The van der Waals surface area contributed by atoms with Crippen LogP contribution in [0.15, 0.2) is 61.2 Å². The molecule has 102 valence electrons. The van der Waals surface area contributed by atoms with E-state index in [1.165, 1.54) is 11.1 Å². The van der Waals surface area contributed by atoms with Gasteiger partial charge in [0.05, 0.1) is 0 Å². The van der Waals surface area contributed by atoms with Crippen molar-refractivity contribution >= 4 is 0 Å². The van der Waals surface area contributed by atoms with Crippen LogP contribution < -0.4 is 0 Å². The van der Waals surface area contributed by atoms with Crippen molar-refractivity contribution in [3.63, 3.8) is 0 Å². The molecule has 0 unspecified atom stereocenters. The zero-order valence-electron chi connectivity index (χ0n) is 11.7. The van der Waals surface area contributed by atoms with E-state index in [1.807, 2.05) is 18.2 Å². The zero-order chi connectivity index (χ0) is 14.0. The highest BCUT2D eigenvalue weighted by molar-refractivity contribution is 5.47. The first-order chi connectivity index (χ1) is 9.75. The Morgan fingerprint density at radius 1 is 0.950 bits per heavy atom. The maximum atomic E-state index is 11.4. The van der Waals surface area contributed by atoms with Gasteiger partial charge >= 0.3 is 0 Å². The van der Waals surface area contributed by atoms with Gasteiger partial charge in [0.1, 0.15) is 5.60 Å². The third kappa shape index (κ3) is 2.08. The van der Waals surface area contributed by atoms with Gasteiger partial charge in [-0.15, -0.1) is 6.58 Å². The molecule has 0 fully saturated rings. The van der Waals surface area contributed by atoms with E-state index in [2.05, 4.69) is 43.0 Å². The van der Waals surface area contributed by atoms with Gasteiger partial charge in [-0.3, -0.25) is 0 Å². The highest BCUT2D eigenvalue weighted by Gasteiger charge is 2.36. The van der Waals surface area contributed by atoms with Crippen LogP contribution in [0.2, 0.25) is 0 Å². The minimum Gasteiger partial charge on any atom is -0.380 e. The number of allylic oxidation sites excluding steroid dienone is 1. The monoisotopic (exact) mass is 264 g/mol. The summed E-state index contributed by atoms with van der Waals surface area (Å²) in [7, 11) is 0. The number of rotatable bonds is 3. The predicted molar refractivity (Wildman–Crippen MR) is 82.7 cm³/mol. The van der Waals surface area contributed by atoms with E-state index >= 15 is 0 Å². The summed E-state index contributed by atoms with van der Waals surface area (Å²) in [4.78, 5) is 0. The summed E-state index contributed by atoms with van der Waals surface area (Å²) in [6, 6.07) is 16.6. The van der Waals surface area contributed by atoms with Gasteiger partial charge in [-0.05, 0) is 47.9 Å². The van der Waals surface area contributed by atoms with Crippen LogP contribution in [0.3, 0.4) is 0 Å².